The van der Waals surface area contributed by atoms with Crippen molar-refractivity contribution >= 4 is 39.8 Å². The van der Waals surface area contributed by atoms with E-state index in [9.17, 15) is 4.79 Å². The number of aryl methyl sites for hydroxylation is 2. The molecule has 0 unspecified atom stereocenters. The van der Waals surface area contributed by atoms with Crippen molar-refractivity contribution in [2.24, 2.45) is 7.05 Å². The van der Waals surface area contributed by atoms with Gasteiger partial charge in [-0.25, -0.2) is 0 Å². The molecule has 0 aromatic carbocycles. The maximum atomic E-state index is 12.0. The number of nitrogens with one attached hydrogen (secondary N) is 2. The highest BCUT2D eigenvalue weighted by atomic mass is 32.2. The molecule has 0 aliphatic rings. The van der Waals surface area contributed by atoms with E-state index in [1.54, 1.807) is 4.68 Å². The van der Waals surface area contributed by atoms with E-state index in [4.69, 9.17) is 0 Å². The minimum Gasteiger partial charge on any atom is -0.360 e. The van der Waals surface area contributed by atoms with Gasteiger partial charge >= 0.3 is 0 Å². The lowest BCUT2D eigenvalue weighted by atomic mass is 10.3. The largest absolute Gasteiger partial charge is 0.360 e. The molecule has 2 N–H and O–H groups in total. The first kappa shape index (κ1) is 15.8. The summed E-state index contributed by atoms with van der Waals surface area (Å²) in [7, 11) is 1.86. The van der Waals surface area contributed by atoms with Crippen LogP contribution in [0.2, 0.25) is 0 Å². The van der Waals surface area contributed by atoms with E-state index in [1.165, 1.54) is 23.1 Å². The number of nitrogens with zero attached hydrogens (tertiary/aromatic N) is 4. The van der Waals surface area contributed by atoms with E-state index in [-0.39, 0.29) is 5.91 Å². The Bertz CT molecular complexity index is 636. The first-order chi connectivity index (χ1) is 10.0. The SMILES string of the molecule is CCNc1nnc(SCC(=O)Nc2c(C)nn(C)c2C)s1. The molecular formula is C12H18N6OS2. The Hall–Kier alpha value is -1.61. The number of thioether (sulfide) groups is 1. The average molecular weight is 326 g/mol. The third-order valence-corrected chi connectivity index (χ3v) is 4.85. The summed E-state index contributed by atoms with van der Waals surface area (Å²) in [5.41, 5.74) is 2.54. The normalized spacial score (nSPS) is 10.7. The van der Waals surface area contributed by atoms with Crippen LogP contribution in [0.25, 0.3) is 0 Å². The zero-order valence-corrected chi connectivity index (χ0v) is 14.1. The highest BCUT2D eigenvalue weighted by molar-refractivity contribution is 8.01. The van der Waals surface area contributed by atoms with Gasteiger partial charge < -0.3 is 10.6 Å². The molecule has 0 bridgehead atoms. The van der Waals surface area contributed by atoms with Gasteiger partial charge in [0, 0.05) is 13.6 Å². The third kappa shape index (κ3) is 3.94. The summed E-state index contributed by atoms with van der Waals surface area (Å²) in [6, 6.07) is 0. The van der Waals surface area contributed by atoms with Crippen LogP contribution < -0.4 is 10.6 Å². The fourth-order valence-corrected chi connectivity index (χ4v) is 3.37. The van der Waals surface area contributed by atoms with E-state index < -0.39 is 0 Å². The van der Waals surface area contributed by atoms with Gasteiger partial charge in [-0.1, -0.05) is 23.1 Å². The Morgan fingerprint density at radius 3 is 2.76 bits per heavy atom. The predicted octanol–water partition coefficient (Wildman–Crippen LogP) is 2.05. The monoisotopic (exact) mass is 326 g/mol. The Labute approximate surface area is 131 Å². The van der Waals surface area contributed by atoms with Crippen LogP contribution in [0.4, 0.5) is 10.8 Å². The molecule has 2 aromatic heterocycles. The van der Waals surface area contributed by atoms with Crippen molar-refractivity contribution in [1.29, 1.82) is 0 Å². The van der Waals surface area contributed by atoms with Crippen molar-refractivity contribution < 1.29 is 4.79 Å². The summed E-state index contributed by atoms with van der Waals surface area (Å²) in [5.74, 6) is 0.230. The third-order valence-electron chi connectivity index (χ3n) is 2.83. The molecule has 0 atom stereocenters. The number of anilines is 2. The lowest BCUT2D eigenvalue weighted by Gasteiger charge is -2.04. The number of hydrogen-bond acceptors (Lipinski definition) is 7. The lowest BCUT2D eigenvalue weighted by molar-refractivity contribution is -0.113. The molecule has 0 fully saturated rings. The highest BCUT2D eigenvalue weighted by Crippen LogP contribution is 2.26. The second kappa shape index (κ2) is 6.90. The minimum absolute atomic E-state index is 0.0700. The first-order valence-electron chi connectivity index (χ1n) is 6.51. The number of hydrogen-bond donors (Lipinski definition) is 2. The standard InChI is InChI=1S/C12H18N6OS2/c1-5-13-11-15-16-12(21-11)20-6-9(19)14-10-7(2)17-18(4)8(10)3/h5-6H2,1-4H3,(H,13,15)(H,14,19). The van der Waals surface area contributed by atoms with E-state index in [1.807, 2.05) is 27.8 Å². The van der Waals surface area contributed by atoms with Crippen molar-refractivity contribution in [2.75, 3.05) is 22.9 Å². The van der Waals surface area contributed by atoms with Gasteiger partial charge in [0.05, 0.1) is 22.8 Å². The Kier molecular flexibility index (Phi) is 5.18. The van der Waals surface area contributed by atoms with Crippen molar-refractivity contribution in [3.05, 3.63) is 11.4 Å². The van der Waals surface area contributed by atoms with Gasteiger partial charge in [-0.3, -0.25) is 9.48 Å². The number of carbonyl (C=O) groups is 1. The first-order valence-corrected chi connectivity index (χ1v) is 8.31. The van der Waals surface area contributed by atoms with Crippen LogP contribution >= 0.6 is 23.1 Å². The van der Waals surface area contributed by atoms with Gasteiger partial charge in [0.2, 0.25) is 11.0 Å². The summed E-state index contributed by atoms with van der Waals surface area (Å²) >= 11 is 2.83. The molecule has 7 nitrogen and oxygen atoms in total. The molecule has 0 saturated heterocycles. The molecule has 0 saturated carbocycles. The van der Waals surface area contributed by atoms with Gasteiger partial charge in [0.15, 0.2) is 4.34 Å². The molecule has 0 spiro atoms. The van der Waals surface area contributed by atoms with E-state index in [0.29, 0.717) is 5.75 Å². The van der Waals surface area contributed by atoms with E-state index in [2.05, 4.69) is 25.9 Å². The van der Waals surface area contributed by atoms with Gasteiger partial charge in [0.1, 0.15) is 0 Å². The number of amides is 1. The molecule has 2 rings (SSSR count). The maximum Gasteiger partial charge on any atom is 0.234 e. The van der Waals surface area contributed by atoms with Crippen molar-refractivity contribution in [2.45, 2.75) is 25.1 Å². The van der Waals surface area contributed by atoms with Crippen LogP contribution in [0.15, 0.2) is 4.34 Å². The predicted molar refractivity (Wildman–Crippen MR) is 86.1 cm³/mol. The Balaban J connectivity index is 1.89. The van der Waals surface area contributed by atoms with Gasteiger partial charge in [-0.05, 0) is 20.8 Å². The zero-order valence-electron chi connectivity index (χ0n) is 12.4. The second-order valence-corrected chi connectivity index (χ2v) is 6.61. The van der Waals surface area contributed by atoms with Crippen LogP contribution in [0, 0.1) is 13.8 Å². The summed E-state index contributed by atoms with van der Waals surface area (Å²) < 4.78 is 2.53. The second-order valence-electron chi connectivity index (χ2n) is 4.41. The Morgan fingerprint density at radius 2 is 2.14 bits per heavy atom. The highest BCUT2D eigenvalue weighted by Gasteiger charge is 2.13. The summed E-state index contributed by atoms with van der Waals surface area (Å²) in [5, 5.41) is 19.1. The van der Waals surface area contributed by atoms with Crippen molar-refractivity contribution in [3.63, 3.8) is 0 Å². The fourth-order valence-electron chi connectivity index (χ4n) is 1.75. The van der Waals surface area contributed by atoms with Crippen LogP contribution in [0.3, 0.4) is 0 Å². The molecule has 9 heteroatoms. The van der Waals surface area contributed by atoms with Gasteiger partial charge in [0.25, 0.3) is 0 Å². The van der Waals surface area contributed by atoms with Gasteiger partial charge in [-0.2, -0.15) is 5.10 Å². The van der Waals surface area contributed by atoms with Gasteiger partial charge in [-0.15, -0.1) is 10.2 Å². The number of carbonyl (C=O) groups excluding carboxylic acids is 1. The fraction of sp³-hybridized carbons (Fsp3) is 0.500. The molecule has 2 heterocycles. The van der Waals surface area contributed by atoms with Crippen LogP contribution in [-0.4, -0.2) is 38.2 Å². The topological polar surface area (TPSA) is 84.7 Å². The smallest absolute Gasteiger partial charge is 0.234 e. The quantitative estimate of drug-likeness (QED) is 0.790. The molecule has 1 amide bonds. The summed E-state index contributed by atoms with van der Waals surface area (Å²) in [6.45, 7) is 6.61. The van der Waals surface area contributed by atoms with Crippen LogP contribution in [-0.2, 0) is 11.8 Å². The average Bonchev–Trinajstić information content (AvgIpc) is 2.98. The molecule has 114 valence electrons. The molecule has 21 heavy (non-hydrogen) atoms. The summed E-state index contributed by atoms with van der Waals surface area (Å²) in [4.78, 5) is 12.0. The van der Waals surface area contributed by atoms with Crippen LogP contribution in [0.5, 0.6) is 0 Å². The lowest BCUT2D eigenvalue weighted by Crippen LogP contribution is -2.15. The van der Waals surface area contributed by atoms with Crippen LogP contribution in [0.1, 0.15) is 18.3 Å². The molecule has 2 aromatic rings. The Morgan fingerprint density at radius 1 is 1.38 bits per heavy atom. The van der Waals surface area contributed by atoms with E-state index >= 15 is 0 Å². The molecule has 0 aliphatic carbocycles. The molecular weight excluding hydrogens is 308 g/mol. The number of aromatic nitrogens is 4. The van der Waals surface area contributed by atoms with Crippen molar-refractivity contribution in [1.82, 2.24) is 20.0 Å². The minimum atomic E-state index is -0.0700. The van der Waals surface area contributed by atoms with Crippen molar-refractivity contribution in [3.8, 4) is 0 Å². The zero-order chi connectivity index (χ0) is 15.4. The molecule has 0 aliphatic heterocycles. The molecule has 0 radical (unpaired) electrons. The van der Waals surface area contributed by atoms with E-state index in [0.717, 1.165) is 33.1 Å². The number of rotatable bonds is 6. The summed E-state index contributed by atoms with van der Waals surface area (Å²) in [6.07, 6.45) is 0. The maximum absolute atomic E-state index is 12.0.